The van der Waals surface area contributed by atoms with Crippen molar-refractivity contribution in [3.8, 4) is 0 Å². The molecular formula is C3H3Cl3O2. The Morgan fingerprint density at radius 3 is 1.62 bits per heavy atom. The number of rotatable bonds is 0. The van der Waals surface area contributed by atoms with Crippen molar-refractivity contribution in [1.29, 1.82) is 0 Å². The van der Waals surface area contributed by atoms with E-state index in [1.807, 2.05) is 0 Å². The normalized spacial score (nSPS) is 5.88. The smallest absolute Gasteiger partial charge is 0.290 e. The van der Waals surface area contributed by atoms with E-state index in [-0.39, 0.29) is 11.0 Å². The van der Waals surface area contributed by atoms with Gasteiger partial charge in [-0.1, -0.05) is 34.8 Å². The van der Waals surface area contributed by atoms with Gasteiger partial charge in [-0.3, -0.25) is 4.79 Å². The van der Waals surface area contributed by atoms with Crippen molar-refractivity contribution in [1.82, 2.24) is 0 Å². The van der Waals surface area contributed by atoms with Gasteiger partial charge >= 0.3 is 0 Å². The third-order valence-corrected chi connectivity index (χ3v) is 0.742. The number of carbonyl (C=O) groups is 1. The Labute approximate surface area is 61.7 Å². The molecule has 0 aromatic carbocycles. The van der Waals surface area contributed by atoms with Crippen LogP contribution in [0, 0.1) is 0 Å². The van der Waals surface area contributed by atoms with Crippen molar-refractivity contribution in [3.05, 3.63) is 10.0 Å². The molecule has 0 amide bonds. The first-order valence-corrected chi connectivity index (χ1v) is 2.57. The standard InChI is InChI=1S/C2HCl3.CH2O2/c3-1-2(4)5;2-1-3/h1H;1H,(H,2,3). The van der Waals surface area contributed by atoms with Crippen LogP contribution in [0.5, 0.6) is 0 Å². The van der Waals surface area contributed by atoms with Crippen molar-refractivity contribution in [2.24, 2.45) is 0 Å². The fraction of sp³-hybridized carbons (Fsp3) is 0. The summed E-state index contributed by atoms with van der Waals surface area (Å²) in [7, 11) is 0. The van der Waals surface area contributed by atoms with Gasteiger partial charge in [0.2, 0.25) is 0 Å². The van der Waals surface area contributed by atoms with E-state index in [0.29, 0.717) is 0 Å². The Hall–Kier alpha value is 0.0800. The quantitative estimate of drug-likeness (QED) is 0.576. The largest absolute Gasteiger partial charge is 0.483 e. The van der Waals surface area contributed by atoms with Gasteiger partial charge in [0, 0.05) is 5.54 Å². The minimum Gasteiger partial charge on any atom is -0.483 e. The Morgan fingerprint density at radius 2 is 1.62 bits per heavy atom. The Morgan fingerprint density at radius 1 is 1.50 bits per heavy atom. The molecule has 0 aliphatic rings. The van der Waals surface area contributed by atoms with Gasteiger partial charge in [0.1, 0.15) is 4.49 Å². The zero-order chi connectivity index (χ0) is 6.99. The van der Waals surface area contributed by atoms with Crippen molar-refractivity contribution < 1.29 is 9.90 Å². The molecule has 0 rings (SSSR count). The van der Waals surface area contributed by atoms with Crippen LogP contribution in [-0.4, -0.2) is 11.6 Å². The first kappa shape index (κ1) is 11.0. The van der Waals surface area contributed by atoms with E-state index in [1.54, 1.807) is 0 Å². The minimum absolute atomic E-state index is 0.0895. The number of hydrogen-bond donors (Lipinski definition) is 1. The van der Waals surface area contributed by atoms with Gasteiger partial charge in [-0.2, -0.15) is 0 Å². The number of halogens is 3. The summed E-state index contributed by atoms with van der Waals surface area (Å²) in [5, 5.41) is 6.89. The third-order valence-electron chi connectivity index (χ3n) is 0.0825. The highest BCUT2D eigenvalue weighted by molar-refractivity contribution is 6.58. The highest BCUT2D eigenvalue weighted by Gasteiger charge is 1.70. The van der Waals surface area contributed by atoms with Crippen LogP contribution in [0.25, 0.3) is 0 Å². The molecule has 0 spiro atoms. The zero-order valence-electron chi connectivity index (χ0n) is 3.64. The molecule has 0 fully saturated rings. The van der Waals surface area contributed by atoms with Gasteiger partial charge in [-0.15, -0.1) is 0 Å². The van der Waals surface area contributed by atoms with Gasteiger partial charge in [0.15, 0.2) is 0 Å². The molecule has 2 nitrogen and oxygen atoms in total. The molecule has 48 valence electrons. The number of hydrogen-bond acceptors (Lipinski definition) is 1. The van der Waals surface area contributed by atoms with Crippen LogP contribution >= 0.6 is 34.8 Å². The van der Waals surface area contributed by atoms with Crippen LogP contribution in [-0.2, 0) is 4.79 Å². The first-order valence-electron chi connectivity index (χ1n) is 1.38. The van der Waals surface area contributed by atoms with Gasteiger partial charge in [-0.25, -0.2) is 0 Å². The SMILES string of the molecule is ClC=C(Cl)Cl.O=CO. The summed E-state index contributed by atoms with van der Waals surface area (Å²) in [6, 6.07) is 0. The average molecular weight is 177 g/mol. The second kappa shape index (κ2) is 10.1. The van der Waals surface area contributed by atoms with Crippen molar-refractivity contribution in [2.45, 2.75) is 0 Å². The molecule has 0 aromatic heterocycles. The second-order valence-electron chi connectivity index (χ2n) is 0.504. The van der Waals surface area contributed by atoms with Crippen LogP contribution < -0.4 is 0 Å². The molecule has 8 heavy (non-hydrogen) atoms. The molecule has 1 N–H and O–H groups in total. The van der Waals surface area contributed by atoms with Gasteiger partial charge in [-0.05, 0) is 0 Å². The Kier molecular flexibility index (Phi) is 13.9. The van der Waals surface area contributed by atoms with E-state index in [0.717, 1.165) is 5.54 Å². The molecule has 0 saturated carbocycles. The highest BCUT2D eigenvalue weighted by Crippen LogP contribution is 2.05. The van der Waals surface area contributed by atoms with Gasteiger partial charge < -0.3 is 5.11 Å². The summed E-state index contributed by atoms with van der Waals surface area (Å²) in [5.74, 6) is 0. The van der Waals surface area contributed by atoms with Crippen molar-refractivity contribution >= 4 is 41.3 Å². The van der Waals surface area contributed by atoms with Crippen molar-refractivity contribution in [3.63, 3.8) is 0 Å². The predicted molar refractivity (Wildman–Crippen MR) is 34.3 cm³/mol. The lowest BCUT2D eigenvalue weighted by atomic mass is 11.2. The maximum Gasteiger partial charge on any atom is 0.290 e. The topological polar surface area (TPSA) is 37.3 Å². The molecule has 0 heterocycles. The van der Waals surface area contributed by atoms with Crippen LogP contribution in [0.2, 0.25) is 0 Å². The lowest BCUT2D eigenvalue weighted by Gasteiger charge is -1.64. The van der Waals surface area contributed by atoms with Crippen LogP contribution in [0.4, 0.5) is 0 Å². The molecular weight excluding hydrogens is 174 g/mol. The van der Waals surface area contributed by atoms with E-state index < -0.39 is 0 Å². The summed E-state index contributed by atoms with van der Waals surface area (Å²) in [5.41, 5.74) is 1.09. The fourth-order valence-corrected chi connectivity index (χ4v) is 0. The second-order valence-corrected chi connectivity index (χ2v) is 1.73. The average Bonchev–Trinajstić information content (AvgIpc) is 1.69. The highest BCUT2D eigenvalue weighted by atomic mass is 35.5. The molecule has 0 aromatic rings. The van der Waals surface area contributed by atoms with E-state index in [4.69, 9.17) is 44.7 Å². The molecule has 0 atom stereocenters. The number of carboxylic acid groups (broad SMARTS) is 1. The molecule has 5 heteroatoms. The molecule has 0 unspecified atom stereocenters. The first-order chi connectivity index (χ1) is 3.68. The van der Waals surface area contributed by atoms with Crippen molar-refractivity contribution in [2.75, 3.05) is 0 Å². The predicted octanol–water partition coefficient (Wildman–Crippen LogP) is 2.20. The third kappa shape index (κ3) is 36.3. The van der Waals surface area contributed by atoms with Crippen LogP contribution in [0.1, 0.15) is 0 Å². The molecule has 0 radical (unpaired) electrons. The monoisotopic (exact) mass is 176 g/mol. The fourth-order valence-electron chi connectivity index (χ4n) is 0. The molecule has 0 aliphatic heterocycles. The van der Waals surface area contributed by atoms with E-state index in [1.165, 1.54) is 0 Å². The van der Waals surface area contributed by atoms with E-state index >= 15 is 0 Å². The van der Waals surface area contributed by atoms with E-state index in [9.17, 15) is 0 Å². The maximum atomic E-state index is 8.36. The summed E-state index contributed by atoms with van der Waals surface area (Å²) in [4.78, 5) is 8.36. The summed E-state index contributed by atoms with van der Waals surface area (Å²) in [6.07, 6.45) is 0. The van der Waals surface area contributed by atoms with Crippen LogP contribution in [0.15, 0.2) is 10.0 Å². The van der Waals surface area contributed by atoms with Crippen LogP contribution in [0.3, 0.4) is 0 Å². The molecule has 0 bridgehead atoms. The minimum atomic E-state index is -0.250. The Bertz CT molecular complexity index is 76.6. The summed E-state index contributed by atoms with van der Waals surface area (Å²) < 4.78 is 0.0895. The maximum absolute atomic E-state index is 8.36. The lowest BCUT2D eigenvalue weighted by Crippen LogP contribution is -1.49. The summed E-state index contributed by atoms with van der Waals surface area (Å²) in [6.45, 7) is -0.250. The van der Waals surface area contributed by atoms with Gasteiger partial charge in [0.05, 0.1) is 0 Å². The zero-order valence-corrected chi connectivity index (χ0v) is 5.91. The lowest BCUT2D eigenvalue weighted by molar-refractivity contribution is -0.122. The van der Waals surface area contributed by atoms with Gasteiger partial charge in [0.25, 0.3) is 6.47 Å². The summed E-state index contributed by atoms with van der Waals surface area (Å²) >= 11 is 14.8. The Balaban J connectivity index is 0. The van der Waals surface area contributed by atoms with E-state index in [2.05, 4.69) is 0 Å². The molecule has 0 saturated heterocycles. The molecule has 0 aliphatic carbocycles.